The number of amides is 1. The first-order valence-corrected chi connectivity index (χ1v) is 12.0. The Labute approximate surface area is 205 Å². The van der Waals surface area contributed by atoms with Gasteiger partial charge in [-0.3, -0.25) is 14.4 Å². The summed E-state index contributed by atoms with van der Waals surface area (Å²) in [5.41, 5.74) is 4.57. The molecule has 0 bridgehead atoms. The first-order valence-electron chi connectivity index (χ1n) is 12.0. The van der Waals surface area contributed by atoms with Crippen LogP contribution in [0.4, 0.5) is 0 Å². The molecule has 1 amide bonds. The number of benzene rings is 3. The second-order valence-corrected chi connectivity index (χ2v) is 8.63. The Hall–Kier alpha value is -3.68. The van der Waals surface area contributed by atoms with Gasteiger partial charge in [0.25, 0.3) is 5.91 Å². The second-order valence-electron chi connectivity index (χ2n) is 8.63. The van der Waals surface area contributed by atoms with Gasteiger partial charge in [-0.1, -0.05) is 60.7 Å². The Bertz CT molecular complexity index is 1300. The van der Waals surface area contributed by atoms with Crippen LogP contribution < -0.4 is 10.1 Å². The van der Waals surface area contributed by atoms with Crippen LogP contribution in [0, 0.1) is 0 Å². The molecule has 0 saturated carbocycles. The minimum Gasteiger partial charge on any atom is -0.494 e. The molecule has 2 heterocycles. The lowest BCUT2D eigenvalue weighted by Crippen LogP contribution is -2.38. The molecule has 5 rings (SSSR count). The zero-order valence-electron chi connectivity index (χ0n) is 19.9. The molecule has 1 aliphatic heterocycles. The van der Waals surface area contributed by atoms with E-state index in [2.05, 4.69) is 34.5 Å². The highest BCUT2D eigenvalue weighted by Crippen LogP contribution is 2.28. The average Bonchev–Trinajstić information content (AvgIpc) is 3.31. The lowest BCUT2D eigenvalue weighted by Gasteiger charge is -2.26. The predicted octanol–water partition coefficient (Wildman–Crippen LogP) is 3.97. The monoisotopic (exact) mass is 470 g/mol. The zero-order chi connectivity index (χ0) is 24.0. The van der Waals surface area contributed by atoms with Crippen LogP contribution in [-0.4, -0.2) is 60.5 Å². The number of hydrogen-bond acceptors (Lipinski definition) is 5. The van der Waals surface area contributed by atoms with Gasteiger partial charge in [-0.25, -0.2) is 0 Å². The molecule has 1 aliphatic rings. The quantitative estimate of drug-likeness (QED) is 0.422. The van der Waals surface area contributed by atoms with Crippen LogP contribution in [0.2, 0.25) is 0 Å². The van der Waals surface area contributed by atoms with Crippen molar-refractivity contribution < 1.29 is 14.3 Å². The van der Waals surface area contributed by atoms with Crippen molar-refractivity contribution in [1.82, 2.24) is 20.0 Å². The molecular formula is C28H30N4O3. The van der Waals surface area contributed by atoms with Crippen LogP contribution in [-0.2, 0) is 17.8 Å². The number of rotatable bonds is 8. The van der Waals surface area contributed by atoms with Crippen molar-refractivity contribution in [3.63, 3.8) is 0 Å². The molecule has 0 unspecified atom stereocenters. The van der Waals surface area contributed by atoms with Crippen LogP contribution in [0.3, 0.4) is 0 Å². The van der Waals surface area contributed by atoms with Gasteiger partial charge >= 0.3 is 0 Å². The number of morpholine rings is 1. The largest absolute Gasteiger partial charge is 0.494 e. The maximum atomic E-state index is 13.3. The number of nitrogens with zero attached hydrogens (tertiary/aromatic N) is 3. The molecule has 7 heteroatoms. The summed E-state index contributed by atoms with van der Waals surface area (Å²) in [5, 5.41) is 8.58. The van der Waals surface area contributed by atoms with E-state index in [1.165, 1.54) is 0 Å². The highest BCUT2D eigenvalue weighted by Gasteiger charge is 2.20. The van der Waals surface area contributed by atoms with Crippen LogP contribution >= 0.6 is 0 Å². The highest BCUT2D eigenvalue weighted by molar-refractivity contribution is 6.06. The van der Waals surface area contributed by atoms with Crippen LogP contribution in [0.1, 0.15) is 16.1 Å². The van der Waals surface area contributed by atoms with E-state index in [9.17, 15) is 4.79 Å². The van der Waals surface area contributed by atoms with Gasteiger partial charge < -0.3 is 14.8 Å². The summed E-state index contributed by atoms with van der Waals surface area (Å²) in [6.07, 6.45) is 0. The fourth-order valence-corrected chi connectivity index (χ4v) is 4.52. The molecule has 0 atom stereocenters. The molecular weight excluding hydrogens is 440 g/mol. The van der Waals surface area contributed by atoms with Crippen LogP contribution in [0.15, 0.2) is 72.8 Å². The third-order valence-corrected chi connectivity index (χ3v) is 6.39. The smallest absolute Gasteiger partial charge is 0.272 e. The molecule has 180 valence electrons. The zero-order valence-corrected chi connectivity index (χ0v) is 19.9. The first-order chi connectivity index (χ1) is 17.2. The third-order valence-electron chi connectivity index (χ3n) is 6.39. The van der Waals surface area contributed by atoms with Gasteiger partial charge in [-0.2, -0.15) is 5.10 Å². The molecule has 7 nitrogen and oxygen atoms in total. The van der Waals surface area contributed by atoms with Gasteiger partial charge in [-0.05, 0) is 28.8 Å². The van der Waals surface area contributed by atoms with E-state index in [-0.39, 0.29) is 5.91 Å². The molecule has 35 heavy (non-hydrogen) atoms. The molecule has 1 aromatic heterocycles. The molecule has 3 aromatic carbocycles. The van der Waals surface area contributed by atoms with Crippen molar-refractivity contribution in [3.8, 4) is 16.9 Å². The minimum absolute atomic E-state index is 0.196. The number of carbonyl (C=O) groups is 1. The fraction of sp³-hybridized carbons (Fsp3) is 0.286. The summed E-state index contributed by atoms with van der Waals surface area (Å²) < 4.78 is 13.0. The number of para-hydroxylation sites is 1. The van der Waals surface area contributed by atoms with Crippen molar-refractivity contribution in [2.45, 2.75) is 13.1 Å². The summed E-state index contributed by atoms with van der Waals surface area (Å²) >= 11 is 0. The molecule has 1 fully saturated rings. The Morgan fingerprint density at radius 1 is 0.971 bits per heavy atom. The standard InChI is InChI=1S/C28H30N4O3/c1-34-25-12-6-11-24-26(30-32(27(24)25)14-13-31-15-17-35-18-16-31)28(33)29-20-21-7-5-10-23(19-21)22-8-3-2-4-9-22/h2-12,19H,13-18,20H2,1H3,(H,29,33). The Morgan fingerprint density at radius 2 is 1.74 bits per heavy atom. The van der Waals surface area contributed by atoms with Crippen molar-refractivity contribution >= 4 is 16.8 Å². The van der Waals surface area contributed by atoms with E-state index >= 15 is 0 Å². The summed E-state index contributed by atoms with van der Waals surface area (Å²) in [6, 6.07) is 24.2. The van der Waals surface area contributed by atoms with E-state index in [1.807, 2.05) is 53.2 Å². The number of aromatic nitrogens is 2. The highest BCUT2D eigenvalue weighted by atomic mass is 16.5. The summed E-state index contributed by atoms with van der Waals surface area (Å²) in [4.78, 5) is 15.6. The number of fused-ring (bicyclic) bond motifs is 1. The average molecular weight is 471 g/mol. The second kappa shape index (κ2) is 10.7. The molecule has 0 radical (unpaired) electrons. The van der Waals surface area contributed by atoms with E-state index in [1.54, 1.807) is 7.11 Å². The van der Waals surface area contributed by atoms with Gasteiger partial charge in [0.05, 0.1) is 26.9 Å². The van der Waals surface area contributed by atoms with Gasteiger partial charge in [-0.15, -0.1) is 0 Å². The van der Waals surface area contributed by atoms with Gasteiger partial charge in [0.15, 0.2) is 5.69 Å². The summed E-state index contributed by atoms with van der Waals surface area (Å²) in [6.45, 7) is 5.25. The van der Waals surface area contributed by atoms with Gasteiger partial charge in [0, 0.05) is 31.6 Å². The lowest BCUT2D eigenvalue weighted by molar-refractivity contribution is 0.0361. The Balaban J connectivity index is 1.35. The Kier molecular flexibility index (Phi) is 7.07. The fourth-order valence-electron chi connectivity index (χ4n) is 4.52. The maximum absolute atomic E-state index is 13.3. The van der Waals surface area contributed by atoms with E-state index in [4.69, 9.17) is 14.6 Å². The summed E-state index contributed by atoms with van der Waals surface area (Å²) in [5.74, 6) is 0.519. The van der Waals surface area contributed by atoms with Gasteiger partial charge in [0.2, 0.25) is 0 Å². The van der Waals surface area contributed by atoms with Crippen molar-refractivity contribution in [2.24, 2.45) is 0 Å². The van der Waals surface area contributed by atoms with E-state index < -0.39 is 0 Å². The van der Waals surface area contributed by atoms with Crippen LogP contribution in [0.5, 0.6) is 5.75 Å². The van der Waals surface area contributed by atoms with Gasteiger partial charge in [0.1, 0.15) is 11.3 Å². The number of carbonyl (C=O) groups excluding carboxylic acids is 1. The van der Waals surface area contributed by atoms with E-state index in [0.29, 0.717) is 24.5 Å². The van der Waals surface area contributed by atoms with E-state index in [0.717, 1.165) is 60.4 Å². The Morgan fingerprint density at radius 3 is 2.54 bits per heavy atom. The maximum Gasteiger partial charge on any atom is 0.272 e. The van der Waals surface area contributed by atoms with Crippen molar-refractivity contribution in [1.29, 1.82) is 0 Å². The number of hydrogen-bond donors (Lipinski definition) is 1. The van der Waals surface area contributed by atoms with Crippen molar-refractivity contribution in [3.05, 3.63) is 84.1 Å². The van der Waals surface area contributed by atoms with Crippen molar-refractivity contribution in [2.75, 3.05) is 40.0 Å². The number of nitrogens with one attached hydrogen (secondary N) is 1. The third kappa shape index (κ3) is 5.21. The topological polar surface area (TPSA) is 68.6 Å². The molecule has 4 aromatic rings. The first kappa shape index (κ1) is 23.1. The normalized spacial score (nSPS) is 14.2. The predicted molar refractivity (Wildman–Crippen MR) is 137 cm³/mol. The molecule has 1 saturated heterocycles. The van der Waals surface area contributed by atoms with Crippen LogP contribution in [0.25, 0.3) is 22.0 Å². The molecule has 0 spiro atoms. The molecule has 1 N–H and O–H groups in total. The lowest BCUT2D eigenvalue weighted by atomic mass is 10.0. The number of methoxy groups -OCH3 is 1. The SMILES string of the molecule is COc1cccc2c(C(=O)NCc3cccc(-c4ccccc4)c3)nn(CCN3CCOCC3)c12. The summed E-state index contributed by atoms with van der Waals surface area (Å²) in [7, 11) is 1.65. The number of ether oxygens (including phenoxy) is 2. The minimum atomic E-state index is -0.196. The molecule has 0 aliphatic carbocycles.